The molecule has 2 amide bonds. The number of thiazole rings is 1. The standard InChI is InChI=1S/C14H21N5O2S/c1-5-11(13-17-10(4)21-19-13)18-14(20)15-7-6-12-16-8(2)9(3)22-12/h11H,5-7H2,1-4H3,(H2,15,18,20). The zero-order valence-electron chi connectivity index (χ0n) is 13.3. The highest BCUT2D eigenvalue weighted by Gasteiger charge is 2.17. The molecule has 0 aliphatic heterocycles. The van der Waals surface area contributed by atoms with E-state index in [0.29, 0.717) is 24.7 Å². The second kappa shape index (κ2) is 7.35. The highest BCUT2D eigenvalue weighted by Crippen LogP contribution is 2.16. The van der Waals surface area contributed by atoms with Crippen LogP contribution in [0.15, 0.2) is 4.52 Å². The number of carbonyl (C=O) groups is 1. The second-order valence-electron chi connectivity index (χ2n) is 5.03. The number of nitrogens with zero attached hydrogens (tertiary/aromatic N) is 3. The molecule has 120 valence electrons. The van der Waals surface area contributed by atoms with Crippen LogP contribution in [-0.4, -0.2) is 27.7 Å². The van der Waals surface area contributed by atoms with Gasteiger partial charge in [-0.3, -0.25) is 0 Å². The van der Waals surface area contributed by atoms with Gasteiger partial charge in [0.25, 0.3) is 0 Å². The molecule has 2 heterocycles. The van der Waals surface area contributed by atoms with E-state index in [1.165, 1.54) is 4.88 Å². The van der Waals surface area contributed by atoms with Crippen LogP contribution in [0.4, 0.5) is 4.79 Å². The molecule has 2 rings (SSSR count). The Morgan fingerprint density at radius 1 is 1.32 bits per heavy atom. The van der Waals surface area contributed by atoms with Crippen LogP contribution < -0.4 is 10.6 Å². The molecular formula is C14H21N5O2S. The van der Waals surface area contributed by atoms with Crippen LogP contribution in [0.2, 0.25) is 0 Å². The van der Waals surface area contributed by atoms with Gasteiger partial charge in [-0.15, -0.1) is 11.3 Å². The SMILES string of the molecule is CCC(NC(=O)NCCc1nc(C)c(C)s1)c1noc(C)n1. The van der Waals surface area contributed by atoms with E-state index in [-0.39, 0.29) is 12.1 Å². The first-order chi connectivity index (χ1) is 10.5. The van der Waals surface area contributed by atoms with E-state index < -0.39 is 0 Å². The Labute approximate surface area is 133 Å². The van der Waals surface area contributed by atoms with Gasteiger partial charge in [0, 0.05) is 24.8 Å². The number of nitrogens with one attached hydrogen (secondary N) is 2. The normalized spacial score (nSPS) is 12.2. The molecule has 0 aromatic carbocycles. The van der Waals surface area contributed by atoms with Crippen LogP contribution >= 0.6 is 11.3 Å². The summed E-state index contributed by atoms with van der Waals surface area (Å²) in [4.78, 5) is 21.7. The van der Waals surface area contributed by atoms with Crippen molar-refractivity contribution in [2.75, 3.05) is 6.54 Å². The molecule has 0 aliphatic carbocycles. The van der Waals surface area contributed by atoms with Crippen molar-refractivity contribution in [2.24, 2.45) is 0 Å². The Kier molecular flexibility index (Phi) is 5.48. The fraction of sp³-hybridized carbons (Fsp3) is 0.571. The maximum atomic E-state index is 11.9. The number of hydrogen-bond acceptors (Lipinski definition) is 6. The van der Waals surface area contributed by atoms with Gasteiger partial charge in [0.1, 0.15) is 0 Å². The quantitative estimate of drug-likeness (QED) is 0.851. The zero-order chi connectivity index (χ0) is 16.1. The molecule has 0 saturated heterocycles. The molecular weight excluding hydrogens is 302 g/mol. The summed E-state index contributed by atoms with van der Waals surface area (Å²) in [6.45, 7) is 8.27. The van der Waals surface area contributed by atoms with E-state index in [9.17, 15) is 4.79 Å². The van der Waals surface area contributed by atoms with Crippen LogP contribution in [0.5, 0.6) is 0 Å². The molecule has 0 bridgehead atoms. The first kappa shape index (κ1) is 16.4. The van der Waals surface area contributed by atoms with Crippen molar-refractivity contribution in [3.05, 3.63) is 27.3 Å². The molecule has 2 N–H and O–H groups in total. The van der Waals surface area contributed by atoms with Gasteiger partial charge in [-0.25, -0.2) is 9.78 Å². The van der Waals surface area contributed by atoms with E-state index in [0.717, 1.165) is 17.1 Å². The molecule has 1 atom stereocenters. The molecule has 0 spiro atoms. The average molecular weight is 323 g/mol. The summed E-state index contributed by atoms with van der Waals surface area (Å²) in [5.41, 5.74) is 1.06. The van der Waals surface area contributed by atoms with Gasteiger partial charge in [0.05, 0.1) is 16.7 Å². The Bertz CT molecular complexity index is 617. The van der Waals surface area contributed by atoms with Crippen molar-refractivity contribution in [1.29, 1.82) is 0 Å². The van der Waals surface area contributed by atoms with Crippen LogP contribution in [0.1, 0.15) is 46.7 Å². The predicted molar refractivity (Wildman–Crippen MR) is 83.9 cm³/mol. The van der Waals surface area contributed by atoms with Gasteiger partial charge in [-0.1, -0.05) is 12.1 Å². The fourth-order valence-corrected chi connectivity index (χ4v) is 2.88. The Morgan fingerprint density at radius 3 is 2.64 bits per heavy atom. The lowest BCUT2D eigenvalue weighted by atomic mass is 10.2. The van der Waals surface area contributed by atoms with Crippen molar-refractivity contribution >= 4 is 17.4 Å². The lowest BCUT2D eigenvalue weighted by molar-refractivity contribution is 0.236. The predicted octanol–water partition coefficient (Wildman–Crippen LogP) is 2.44. The molecule has 2 aromatic rings. The summed E-state index contributed by atoms with van der Waals surface area (Å²) in [5, 5.41) is 10.6. The maximum absolute atomic E-state index is 11.9. The molecule has 0 radical (unpaired) electrons. The lowest BCUT2D eigenvalue weighted by Gasteiger charge is -2.13. The Balaban J connectivity index is 1.79. The number of carbonyl (C=O) groups excluding carboxylic acids is 1. The summed E-state index contributed by atoms with van der Waals surface area (Å²) >= 11 is 1.67. The third kappa shape index (κ3) is 4.27. The summed E-state index contributed by atoms with van der Waals surface area (Å²) in [6, 6.07) is -0.485. The molecule has 22 heavy (non-hydrogen) atoms. The topological polar surface area (TPSA) is 92.9 Å². The summed E-state index contributed by atoms with van der Waals surface area (Å²) in [6.07, 6.45) is 1.42. The van der Waals surface area contributed by atoms with Gasteiger partial charge >= 0.3 is 6.03 Å². The highest BCUT2D eigenvalue weighted by molar-refractivity contribution is 7.11. The summed E-state index contributed by atoms with van der Waals surface area (Å²) < 4.78 is 4.94. The van der Waals surface area contributed by atoms with E-state index in [2.05, 4.69) is 32.7 Å². The minimum absolute atomic E-state index is 0.237. The smallest absolute Gasteiger partial charge is 0.315 e. The monoisotopic (exact) mass is 323 g/mol. The van der Waals surface area contributed by atoms with Crippen molar-refractivity contribution in [3.63, 3.8) is 0 Å². The van der Waals surface area contributed by atoms with Crippen LogP contribution in [0.3, 0.4) is 0 Å². The molecule has 7 nitrogen and oxygen atoms in total. The zero-order valence-corrected chi connectivity index (χ0v) is 14.1. The maximum Gasteiger partial charge on any atom is 0.315 e. The van der Waals surface area contributed by atoms with E-state index >= 15 is 0 Å². The molecule has 0 saturated carbocycles. The fourth-order valence-electron chi connectivity index (χ4n) is 1.94. The van der Waals surface area contributed by atoms with E-state index in [1.807, 2.05) is 13.8 Å². The van der Waals surface area contributed by atoms with Crippen molar-refractivity contribution in [1.82, 2.24) is 25.8 Å². The number of amides is 2. The first-order valence-corrected chi connectivity index (χ1v) is 8.08. The number of aromatic nitrogens is 3. The Hall–Kier alpha value is -1.96. The van der Waals surface area contributed by atoms with Gasteiger partial charge in [-0.05, 0) is 20.3 Å². The number of hydrogen-bond donors (Lipinski definition) is 2. The minimum atomic E-state index is -0.248. The highest BCUT2D eigenvalue weighted by atomic mass is 32.1. The van der Waals surface area contributed by atoms with Gasteiger partial charge in [0.15, 0.2) is 5.82 Å². The number of urea groups is 1. The van der Waals surface area contributed by atoms with E-state index in [1.54, 1.807) is 18.3 Å². The first-order valence-electron chi connectivity index (χ1n) is 7.27. The van der Waals surface area contributed by atoms with E-state index in [4.69, 9.17) is 4.52 Å². The molecule has 0 aliphatic rings. The Morgan fingerprint density at radius 2 is 2.09 bits per heavy atom. The van der Waals surface area contributed by atoms with Crippen molar-refractivity contribution < 1.29 is 9.32 Å². The van der Waals surface area contributed by atoms with Gasteiger partial charge < -0.3 is 15.2 Å². The van der Waals surface area contributed by atoms with Crippen LogP contribution in [0.25, 0.3) is 0 Å². The molecule has 2 aromatic heterocycles. The van der Waals surface area contributed by atoms with Gasteiger partial charge in [-0.2, -0.15) is 4.98 Å². The number of aryl methyl sites for hydroxylation is 3. The lowest BCUT2D eigenvalue weighted by Crippen LogP contribution is -2.39. The number of rotatable bonds is 6. The van der Waals surface area contributed by atoms with Crippen molar-refractivity contribution in [2.45, 2.75) is 46.6 Å². The molecule has 0 fully saturated rings. The molecule has 1 unspecified atom stereocenters. The largest absolute Gasteiger partial charge is 0.340 e. The average Bonchev–Trinajstić information content (AvgIpc) is 3.03. The molecule has 8 heteroatoms. The third-order valence-electron chi connectivity index (χ3n) is 3.27. The third-order valence-corrected chi connectivity index (χ3v) is 4.40. The van der Waals surface area contributed by atoms with Crippen molar-refractivity contribution in [3.8, 4) is 0 Å². The summed E-state index contributed by atoms with van der Waals surface area (Å²) in [7, 11) is 0. The minimum Gasteiger partial charge on any atom is -0.340 e. The second-order valence-corrected chi connectivity index (χ2v) is 6.32. The van der Waals surface area contributed by atoms with Crippen LogP contribution in [0, 0.1) is 20.8 Å². The van der Waals surface area contributed by atoms with Gasteiger partial charge in [0.2, 0.25) is 5.89 Å². The summed E-state index contributed by atoms with van der Waals surface area (Å²) in [5.74, 6) is 0.992. The van der Waals surface area contributed by atoms with Crippen LogP contribution in [-0.2, 0) is 6.42 Å².